The Bertz CT molecular complexity index is 400. The molecule has 1 nitrogen and oxygen atoms in total. The first kappa shape index (κ1) is 15.5. The Kier molecular flexibility index (Phi) is 5.22. The summed E-state index contributed by atoms with van der Waals surface area (Å²) in [5, 5.41) is 10.1. The van der Waals surface area contributed by atoms with E-state index in [0.717, 1.165) is 18.9 Å². The highest BCUT2D eigenvalue weighted by Gasteiger charge is 2.34. The van der Waals surface area contributed by atoms with Crippen LogP contribution < -0.4 is 0 Å². The van der Waals surface area contributed by atoms with Gasteiger partial charge in [-0.3, -0.25) is 0 Å². The molecule has 0 saturated heterocycles. The minimum Gasteiger partial charge on any atom is -0.388 e. The van der Waals surface area contributed by atoms with Crippen LogP contribution in [0.25, 0.3) is 0 Å². The van der Waals surface area contributed by atoms with E-state index in [0.29, 0.717) is 5.56 Å². The van der Waals surface area contributed by atoms with Gasteiger partial charge in [0.2, 0.25) is 0 Å². The van der Waals surface area contributed by atoms with E-state index in [1.165, 1.54) is 12.1 Å². The molecule has 1 atom stereocenters. The molecule has 102 valence electrons. The Labute approximate surface area is 113 Å². The molecule has 0 aliphatic heterocycles. The van der Waals surface area contributed by atoms with Crippen LogP contribution in [0.3, 0.4) is 0 Å². The maximum atomic E-state index is 12.7. The van der Waals surface area contributed by atoms with Crippen LogP contribution in [0.15, 0.2) is 22.7 Å². The molecule has 0 radical (unpaired) electrons. The van der Waals surface area contributed by atoms with Gasteiger partial charge in [-0.1, -0.05) is 48.7 Å². The van der Waals surface area contributed by atoms with Crippen LogP contribution in [0.2, 0.25) is 0 Å². The van der Waals surface area contributed by atoms with Crippen molar-refractivity contribution in [3.05, 3.63) is 33.8 Å². The van der Waals surface area contributed by atoms with Crippen molar-refractivity contribution in [1.29, 1.82) is 0 Å². The van der Waals surface area contributed by atoms with Crippen LogP contribution in [-0.4, -0.2) is 5.11 Å². The molecule has 0 fully saturated rings. The van der Waals surface area contributed by atoms with Crippen molar-refractivity contribution in [2.24, 2.45) is 5.92 Å². The van der Waals surface area contributed by atoms with Gasteiger partial charge in [0.05, 0.1) is 11.7 Å². The molecule has 1 aromatic carbocycles. The van der Waals surface area contributed by atoms with Crippen molar-refractivity contribution < 1.29 is 18.3 Å². The molecular weight excluding hydrogens is 309 g/mol. The second-order valence-corrected chi connectivity index (χ2v) is 5.11. The summed E-state index contributed by atoms with van der Waals surface area (Å²) in [4.78, 5) is 0. The normalized spacial score (nSPS) is 14.0. The van der Waals surface area contributed by atoms with E-state index < -0.39 is 17.8 Å². The third kappa shape index (κ3) is 3.48. The summed E-state index contributed by atoms with van der Waals surface area (Å²) in [5.74, 6) is -0.0211. The molecule has 0 aromatic heterocycles. The van der Waals surface area contributed by atoms with E-state index in [4.69, 9.17) is 0 Å². The van der Waals surface area contributed by atoms with Crippen LogP contribution in [0.5, 0.6) is 0 Å². The van der Waals surface area contributed by atoms with Gasteiger partial charge in [0.25, 0.3) is 0 Å². The van der Waals surface area contributed by atoms with Gasteiger partial charge in [-0.2, -0.15) is 13.2 Å². The lowest BCUT2D eigenvalue weighted by Gasteiger charge is -2.21. The molecule has 1 aromatic rings. The van der Waals surface area contributed by atoms with Crippen LogP contribution in [-0.2, 0) is 6.18 Å². The highest BCUT2D eigenvalue weighted by atomic mass is 79.9. The average molecular weight is 325 g/mol. The first-order chi connectivity index (χ1) is 8.31. The summed E-state index contributed by atoms with van der Waals surface area (Å²) in [5.41, 5.74) is -0.427. The number of halogens is 4. The van der Waals surface area contributed by atoms with Crippen LogP contribution >= 0.6 is 15.9 Å². The lowest BCUT2D eigenvalue weighted by molar-refractivity contribution is -0.138. The van der Waals surface area contributed by atoms with Gasteiger partial charge in [0.1, 0.15) is 0 Å². The van der Waals surface area contributed by atoms with Gasteiger partial charge in [-0.05, 0) is 23.6 Å². The fourth-order valence-electron chi connectivity index (χ4n) is 1.95. The van der Waals surface area contributed by atoms with Gasteiger partial charge in [-0.25, -0.2) is 0 Å². The number of hydrogen-bond donors (Lipinski definition) is 1. The number of benzene rings is 1. The molecule has 0 heterocycles. The summed E-state index contributed by atoms with van der Waals surface area (Å²) in [6.07, 6.45) is -3.80. The molecule has 0 spiro atoms. The van der Waals surface area contributed by atoms with Gasteiger partial charge in [-0.15, -0.1) is 0 Å². The maximum absolute atomic E-state index is 12.7. The molecule has 1 N–H and O–H groups in total. The SMILES string of the molecule is CCC(CC)C(O)c1ccc(Br)c(C(F)(F)F)c1. The fourth-order valence-corrected chi connectivity index (χ4v) is 2.42. The largest absolute Gasteiger partial charge is 0.417 e. The highest BCUT2D eigenvalue weighted by Crippen LogP contribution is 2.37. The van der Waals surface area contributed by atoms with E-state index >= 15 is 0 Å². The highest BCUT2D eigenvalue weighted by molar-refractivity contribution is 9.10. The average Bonchev–Trinajstić information content (AvgIpc) is 2.29. The Morgan fingerprint density at radius 3 is 2.22 bits per heavy atom. The molecule has 0 saturated carbocycles. The summed E-state index contributed by atoms with van der Waals surface area (Å²) in [7, 11) is 0. The Hall–Kier alpha value is -0.550. The van der Waals surface area contributed by atoms with E-state index in [1.54, 1.807) is 0 Å². The second-order valence-electron chi connectivity index (χ2n) is 4.26. The van der Waals surface area contributed by atoms with E-state index in [2.05, 4.69) is 15.9 Å². The summed E-state index contributed by atoms with van der Waals surface area (Å²) in [6.45, 7) is 3.84. The molecule has 1 rings (SSSR count). The van der Waals surface area contributed by atoms with Crippen molar-refractivity contribution in [2.75, 3.05) is 0 Å². The monoisotopic (exact) mass is 324 g/mol. The van der Waals surface area contributed by atoms with Crippen LogP contribution in [0.1, 0.15) is 43.9 Å². The molecular formula is C13H16BrF3O. The first-order valence-electron chi connectivity index (χ1n) is 5.85. The van der Waals surface area contributed by atoms with E-state index in [1.807, 2.05) is 13.8 Å². The van der Waals surface area contributed by atoms with Gasteiger partial charge < -0.3 is 5.11 Å². The predicted molar refractivity (Wildman–Crippen MR) is 68.2 cm³/mol. The number of rotatable bonds is 4. The molecule has 0 amide bonds. The first-order valence-corrected chi connectivity index (χ1v) is 6.65. The molecule has 0 aliphatic rings. The van der Waals surface area contributed by atoms with Gasteiger partial charge in [0, 0.05) is 4.47 Å². The number of aliphatic hydroxyl groups is 1. The lowest BCUT2D eigenvalue weighted by Crippen LogP contribution is -2.13. The fraction of sp³-hybridized carbons (Fsp3) is 0.538. The summed E-state index contributed by atoms with van der Waals surface area (Å²) in [6, 6.07) is 3.89. The molecule has 0 bridgehead atoms. The van der Waals surface area contributed by atoms with Crippen molar-refractivity contribution >= 4 is 15.9 Å². The second kappa shape index (κ2) is 6.06. The zero-order valence-corrected chi connectivity index (χ0v) is 11.8. The maximum Gasteiger partial charge on any atom is 0.417 e. The lowest BCUT2D eigenvalue weighted by atomic mass is 9.90. The third-order valence-corrected chi connectivity index (χ3v) is 3.82. The van der Waals surface area contributed by atoms with E-state index in [-0.39, 0.29) is 10.4 Å². The minimum atomic E-state index is -4.41. The molecule has 18 heavy (non-hydrogen) atoms. The topological polar surface area (TPSA) is 20.2 Å². The molecule has 1 unspecified atom stereocenters. The number of hydrogen-bond acceptors (Lipinski definition) is 1. The summed E-state index contributed by atoms with van der Waals surface area (Å²) < 4.78 is 38.2. The number of alkyl halides is 3. The predicted octanol–water partition coefficient (Wildman–Crippen LogP) is 4.94. The third-order valence-electron chi connectivity index (χ3n) is 3.13. The van der Waals surface area contributed by atoms with Crippen molar-refractivity contribution in [2.45, 2.75) is 39.0 Å². The van der Waals surface area contributed by atoms with Crippen molar-refractivity contribution in [3.63, 3.8) is 0 Å². The van der Waals surface area contributed by atoms with E-state index in [9.17, 15) is 18.3 Å². The Morgan fingerprint density at radius 2 is 1.78 bits per heavy atom. The van der Waals surface area contributed by atoms with Crippen LogP contribution in [0.4, 0.5) is 13.2 Å². The van der Waals surface area contributed by atoms with Gasteiger partial charge >= 0.3 is 6.18 Å². The zero-order chi connectivity index (χ0) is 13.9. The van der Waals surface area contributed by atoms with Gasteiger partial charge in [0.15, 0.2) is 0 Å². The Balaban J connectivity index is 3.12. The smallest absolute Gasteiger partial charge is 0.388 e. The number of aliphatic hydroxyl groups excluding tert-OH is 1. The molecule has 0 aliphatic carbocycles. The van der Waals surface area contributed by atoms with Crippen molar-refractivity contribution in [3.8, 4) is 0 Å². The quantitative estimate of drug-likeness (QED) is 0.831. The standard InChI is InChI=1S/C13H16BrF3O/c1-3-8(4-2)12(18)9-5-6-11(14)10(7-9)13(15,16)17/h5-8,12,18H,3-4H2,1-2H3. The van der Waals surface area contributed by atoms with Crippen molar-refractivity contribution in [1.82, 2.24) is 0 Å². The Morgan fingerprint density at radius 1 is 1.22 bits per heavy atom. The van der Waals surface area contributed by atoms with Crippen LogP contribution in [0, 0.1) is 5.92 Å². The summed E-state index contributed by atoms with van der Waals surface area (Å²) >= 11 is 2.88. The minimum absolute atomic E-state index is 0.00417. The molecule has 5 heteroatoms. The zero-order valence-electron chi connectivity index (χ0n) is 10.3.